The van der Waals surface area contributed by atoms with Gasteiger partial charge in [0.15, 0.2) is 5.82 Å². The first kappa shape index (κ1) is 10.6. The lowest BCUT2D eigenvalue weighted by molar-refractivity contribution is 0.624. The van der Waals surface area contributed by atoms with Gasteiger partial charge < -0.3 is 5.73 Å². The summed E-state index contributed by atoms with van der Waals surface area (Å²) in [7, 11) is 0. The number of hydrogen-bond donors (Lipinski definition) is 2. The molecule has 5 heteroatoms. The molecule has 0 atom stereocenters. The molecule has 0 radical (unpaired) electrons. The Balaban J connectivity index is 2.52. The fraction of sp³-hybridized carbons (Fsp3) is 0.273. The molecule has 16 heavy (non-hydrogen) atoms. The van der Waals surface area contributed by atoms with E-state index in [1.807, 2.05) is 6.92 Å². The molecule has 0 aliphatic carbocycles. The van der Waals surface area contributed by atoms with Crippen LogP contribution in [0.4, 0.5) is 10.2 Å². The molecule has 0 amide bonds. The van der Waals surface area contributed by atoms with E-state index in [0.717, 1.165) is 18.4 Å². The van der Waals surface area contributed by atoms with Crippen molar-refractivity contribution < 1.29 is 4.39 Å². The van der Waals surface area contributed by atoms with Crippen molar-refractivity contribution in [3.63, 3.8) is 0 Å². The Morgan fingerprint density at radius 3 is 3.00 bits per heavy atom. The minimum absolute atomic E-state index is 0.372. The second kappa shape index (κ2) is 4.30. The Labute approximate surface area is 92.7 Å². The van der Waals surface area contributed by atoms with Gasteiger partial charge in [-0.2, -0.15) is 5.10 Å². The van der Waals surface area contributed by atoms with Gasteiger partial charge in [0.05, 0.1) is 11.9 Å². The third-order valence-electron chi connectivity index (χ3n) is 2.44. The first-order valence-electron chi connectivity index (χ1n) is 5.16. The van der Waals surface area contributed by atoms with Crippen molar-refractivity contribution in [2.45, 2.75) is 19.8 Å². The minimum atomic E-state index is -0.372. The van der Waals surface area contributed by atoms with Gasteiger partial charge in [-0.25, -0.2) is 4.39 Å². The lowest BCUT2D eigenvalue weighted by Gasteiger charge is -2.03. The Morgan fingerprint density at radius 2 is 2.31 bits per heavy atom. The Kier molecular flexibility index (Phi) is 2.85. The third kappa shape index (κ3) is 1.76. The van der Waals surface area contributed by atoms with Crippen molar-refractivity contribution in [3.05, 3.63) is 29.8 Å². The molecule has 4 nitrogen and oxygen atoms in total. The van der Waals surface area contributed by atoms with Crippen molar-refractivity contribution in [1.82, 2.24) is 15.2 Å². The Bertz CT molecular complexity index is 492. The summed E-state index contributed by atoms with van der Waals surface area (Å²) in [5.74, 6) is 0.0663. The van der Waals surface area contributed by atoms with Gasteiger partial charge in [-0.3, -0.25) is 10.1 Å². The number of hydrogen-bond acceptors (Lipinski definition) is 3. The number of aromatic nitrogens is 3. The summed E-state index contributed by atoms with van der Waals surface area (Å²) in [6, 6.07) is 1.61. The number of nitrogens with one attached hydrogen (secondary N) is 1. The summed E-state index contributed by atoms with van der Waals surface area (Å²) in [5.41, 5.74) is 7.72. The number of anilines is 1. The normalized spacial score (nSPS) is 10.6. The van der Waals surface area contributed by atoms with Crippen LogP contribution < -0.4 is 5.73 Å². The zero-order chi connectivity index (χ0) is 11.5. The molecule has 0 aliphatic heterocycles. The predicted molar refractivity (Wildman–Crippen MR) is 60.2 cm³/mol. The molecule has 0 saturated heterocycles. The van der Waals surface area contributed by atoms with Gasteiger partial charge >= 0.3 is 0 Å². The first-order valence-corrected chi connectivity index (χ1v) is 5.16. The zero-order valence-electron chi connectivity index (χ0n) is 9.00. The standard InChI is InChI=1S/C11H13FN4/c1-2-3-8-10(15-16-11(8)13)7-4-5-14-6-9(7)12/h4-6H,2-3H2,1H3,(H3,13,15,16). The number of nitrogen functional groups attached to an aromatic ring is 1. The van der Waals surface area contributed by atoms with Crippen LogP contribution in [0.25, 0.3) is 11.3 Å². The zero-order valence-corrected chi connectivity index (χ0v) is 9.00. The fourth-order valence-electron chi connectivity index (χ4n) is 1.68. The number of halogens is 1. The summed E-state index contributed by atoms with van der Waals surface area (Å²) < 4.78 is 13.6. The van der Waals surface area contributed by atoms with Crippen LogP contribution in [0.15, 0.2) is 18.5 Å². The van der Waals surface area contributed by atoms with Crippen LogP contribution in [-0.4, -0.2) is 15.2 Å². The molecule has 2 aromatic heterocycles. The average Bonchev–Trinajstić information content (AvgIpc) is 2.62. The molecule has 0 bridgehead atoms. The van der Waals surface area contributed by atoms with Crippen molar-refractivity contribution in [2.75, 3.05) is 5.73 Å². The van der Waals surface area contributed by atoms with Crippen LogP contribution >= 0.6 is 0 Å². The van der Waals surface area contributed by atoms with Crippen LogP contribution in [0, 0.1) is 5.82 Å². The quantitative estimate of drug-likeness (QED) is 0.832. The smallest absolute Gasteiger partial charge is 0.150 e. The molecule has 2 heterocycles. The maximum atomic E-state index is 13.6. The van der Waals surface area contributed by atoms with E-state index in [1.54, 1.807) is 12.3 Å². The predicted octanol–water partition coefficient (Wildman–Crippen LogP) is 2.15. The first-order chi connectivity index (χ1) is 7.74. The molecule has 2 rings (SSSR count). The second-order valence-corrected chi connectivity index (χ2v) is 3.57. The fourth-order valence-corrected chi connectivity index (χ4v) is 1.68. The van der Waals surface area contributed by atoms with Crippen molar-refractivity contribution in [3.8, 4) is 11.3 Å². The summed E-state index contributed by atoms with van der Waals surface area (Å²) in [6.45, 7) is 2.04. The van der Waals surface area contributed by atoms with Crippen LogP contribution in [0.3, 0.4) is 0 Å². The summed E-state index contributed by atoms with van der Waals surface area (Å²) in [5, 5.41) is 6.69. The van der Waals surface area contributed by atoms with Gasteiger partial charge in [-0.1, -0.05) is 13.3 Å². The van der Waals surface area contributed by atoms with Crippen molar-refractivity contribution in [2.24, 2.45) is 0 Å². The molecular formula is C11H13FN4. The van der Waals surface area contributed by atoms with Gasteiger partial charge in [-0.05, 0) is 12.5 Å². The lowest BCUT2D eigenvalue weighted by atomic mass is 10.0. The molecule has 0 saturated carbocycles. The van der Waals surface area contributed by atoms with Crippen LogP contribution in [0.1, 0.15) is 18.9 Å². The number of nitrogens with two attached hydrogens (primary N) is 1. The highest BCUT2D eigenvalue weighted by Crippen LogP contribution is 2.27. The van der Waals surface area contributed by atoms with Gasteiger partial charge in [0.25, 0.3) is 0 Å². The maximum Gasteiger partial charge on any atom is 0.150 e. The molecule has 84 valence electrons. The molecule has 0 fully saturated rings. The maximum absolute atomic E-state index is 13.6. The summed E-state index contributed by atoms with van der Waals surface area (Å²) in [4.78, 5) is 3.71. The van der Waals surface area contributed by atoms with Crippen LogP contribution in [0.5, 0.6) is 0 Å². The largest absolute Gasteiger partial charge is 0.382 e. The second-order valence-electron chi connectivity index (χ2n) is 3.57. The van der Waals surface area contributed by atoms with E-state index < -0.39 is 0 Å². The third-order valence-corrected chi connectivity index (χ3v) is 2.44. The van der Waals surface area contributed by atoms with Gasteiger partial charge in [0, 0.05) is 17.3 Å². The summed E-state index contributed by atoms with van der Waals surface area (Å²) >= 11 is 0. The molecule has 3 N–H and O–H groups in total. The van der Waals surface area contributed by atoms with Crippen LogP contribution in [-0.2, 0) is 6.42 Å². The SMILES string of the molecule is CCCc1c(N)n[nH]c1-c1ccncc1F. The van der Waals surface area contributed by atoms with E-state index >= 15 is 0 Å². The minimum Gasteiger partial charge on any atom is -0.382 e. The van der Waals surface area contributed by atoms with Gasteiger partial charge in [-0.15, -0.1) is 0 Å². The highest BCUT2D eigenvalue weighted by atomic mass is 19.1. The van der Waals surface area contributed by atoms with E-state index in [-0.39, 0.29) is 5.82 Å². The topological polar surface area (TPSA) is 67.6 Å². The van der Waals surface area contributed by atoms with E-state index in [1.165, 1.54) is 6.20 Å². The molecule has 0 spiro atoms. The molecular weight excluding hydrogens is 207 g/mol. The highest BCUT2D eigenvalue weighted by Gasteiger charge is 2.14. The van der Waals surface area contributed by atoms with Gasteiger partial charge in [0.2, 0.25) is 0 Å². The number of nitrogens with zero attached hydrogens (tertiary/aromatic N) is 2. The molecule has 0 unspecified atom stereocenters. The van der Waals surface area contributed by atoms with Crippen molar-refractivity contribution in [1.29, 1.82) is 0 Å². The van der Waals surface area contributed by atoms with Crippen molar-refractivity contribution >= 4 is 5.82 Å². The van der Waals surface area contributed by atoms with Crippen LogP contribution in [0.2, 0.25) is 0 Å². The number of pyridine rings is 1. The molecule has 2 aromatic rings. The van der Waals surface area contributed by atoms with Gasteiger partial charge in [0.1, 0.15) is 5.82 Å². The summed E-state index contributed by atoms with van der Waals surface area (Å²) in [6.07, 6.45) is 4.44. The monoisotopic (exact) mass is 220 g/mol. The average molecular weight is 220 g/mol. The van der Waals surface area contributed by atoms with E-state index in [4.69, 9.17) is 5.73 Å². The highest BCUT2D eigenvalue weighted by molar-refractivity contribution is 5.68. The number of rotatable bonds is 3. The van der Waals surface area contributed by atoms with E-state index in [2.05, 4.69) is 15.2 Å². The Morgan fingerprint density at radius 1 is 1.50 bits per heavy atom. The van der Waals surface area contributed by atoms with E-state index in [9.17, 15) is 4.39 Å². The molecule has 0 aliphatic rings. The van der Waals surface area contributed by atoms with E-state index in [0.29, 0.717) is 17.1 Å². The lowest BCUT2D eigenvalue weighted by Crippen LogP contribution is -1.94. The molecule has 0 aromatic carbocycles. The number of aromatic amines is 1. The Hall–Kier alpha value is -1.91. The number of H-pyrrole nitrogens is 1.